The van der Waals surface area contributed by atoms with Crippen LogP contribution in [0.5, 0.6) is 0 Å². The van der Waals surface area contributed by atoms with Crippen LogP contribution < -0.4 is 5.32 Å². The predicted molar refractivity (Wildman–Crippen MR) is 120 cm³/mol. The maximum Gasteiger partial charge on any atom is 0.278 e. The van der Waals surface area contributed by atoms with E-state index in [2.05, 4.69) is 5.32 Å². The fourth-order valence-electron chi connectivity index (χ4n) is 3.45. The van der Waals surface area contributed by atoms with Crippen LogP contribution in [0.3, 0.4) is 0 Å². The van der Waals surface area contributed by atoms with Gasteiger partial charge in [-0.25, -0.2) is 4.39 Å². The largest absolute Gasteiger partial charge is 0.350 e. The molecule has 4 rings (SSSR count). The number of hydrogen-bond acceptors (Lipinski definition) is 3. The van der Waals surface area contributed by atoms with Crippen LogP contribution in [-0.2, 0) is 16.0 Å². The molecule has 0 radical (unpaired) electrons. The van der Waals surface area contributed by atoms with Crippen molar-refractivity contribution in [2.75, 3.05) is 11.9 Å². The molecule has 1 aliphatic rings. The zero-order chi connectivity index (χ0) is 22.0. The maximum atomic E-state index is 13.3. The number of benzene rings is 3. The average molecular weight is 435 g/mol. The number of rotatable bonds is 6. The van der Waals surface area contributed by atoms with Crippen molar-refractivity contribution in [2.24, 2.45) is 0 Å². The zero-order valence-corrected chi connectivity index (χ0v) is 17.6. The summed E-state index contributed by atoms with van der Waals surface area (Å²) in [6, 6.07) is 20.4. The Hall–Kier alpha value is -3.44. The van der Waals surface area contributed by atoms with Crippen molar-refractivity contribution in [3.05, 3.63) is 106 Å². The van der Waals surface area contributed by atoms with Crippen molar-refractivity contribution in [2.45, 2.75) is 13.3 Å². The first-order valence-electron chi connectivity index (χ1n) is 9.87. The van der Waals surface area contributed by atoms with Crippen molar-refractivity contribution in [1.29, 1.82) is 0 Å². The van der Waals surface area contributed by atoms with E-state index in [-0.39, 0.29) is 24.0 Å². The van der Waals surface area contributed by atoms with Crippen LogP contribution in [0.4, 0.5) is 10.1 Å². The first kappa shape index (κ1) is 20.8. The Kier molecular flexibility index (Phi) is 5.87. The van der Waals surface area contributed by atoms with Crippen molar-refractivity contribution in [3.8, 4) is 0 Å². The van der Waals surface area contributed by atoms with Gasteiger partial charge in [0.2, 0.25) is 0 Å². The molecule has 0 atom stereocenters. The van der Waals surface area contributed by atoms with Gasteiger partial charge in [0.05, 0.1) is 5.57 Å². The molecule has 0 fully saturated rings. The van der Waals surface area contributed by atoms with Crippen molar-refractivity contribution < 1.29 is 14.0 Å². The van der Waals surface area contributed by atoms with Crippen molar-refractivity contribution >= 4 is 34.7 Å². The monoisotopic (exact) mass is 434 g/mol. The lowest BCUT2D eigenvalue weighted by molar-refractivity contribution is -0.136. The Morgan fingerprint density at radius 1 is 0.871 bits per heavy atom. The Bertz CT molecular complexity index is 1150. The highest BCUT2D eigenvalue weighted by Crippen LogP contribution is 2.31. The number of halogens is 2. The Balaban J connectivity index is 1.64. The number of imide groups is 1. The fraction of sp³-hybridized carbons (Fsp3) is 0.120. The van der Waals surface area contributed by atoms with Gasteiger partial charge in [-0.05, 0) is 60.9 Å². The van der Waals surface area contributed by atoms with Gasteiger partial charge in [-0.1, -0.05) is 53.6 Å². The van der Waals surface area contributed by atoms with E-state index in [0.29, 0.717) is 28.3 Å². The normalized spacial score (nSPS) is 13.8. The molecule has 1 heterocycles. The van der Waals surface area contributed by atoms with Gasteiger partial charge in [0.1, 0.15) is 11.5 Å². The second-order valence-corrected chi connectivity index (χ2v) is 7.82. The van der Waals surface area contributed by atoms with Crippen molar-refractivity contribution in [1.82, 2.24) is 4.90 Å². The molecule has 0 saturated carbocycles. The summed E-state index contributed by atoms with van der Waals surface area (Å²) in [7, 11) is 0. The molecule has 156 valence electrons. The Morgan fingerprint density at radius 2 is 1.52 bits per heavy atom. The summed E-state index contributed by atoms with van der Waals surface area (Å²) in [6.07, 6.45) is 0.514. The fourth-order valence-corrected chi connectivity index (χ4v) is 3.58. The number of aryl methyl sites for hydroxylation is 1. The van der Waals surface area contributed by atoms with E-state index in [1.54, 1.807) is 12.1 Å². The molecule has 3 aromatic carbocycles. The van der Waals surface area contributed by atoms with E-state index >= 15 is 0 Å². The Morgan fingerprint density at radius 3 is 2.16 bits per heavy atom. The molecule has 0 aromatic heterocycles. The number of carbonyl (C=O) groups is 2. The molecule has 0 aliphatic carbocycles. The third kappa shape index (κ3) is 4.52. The second kappa shape index (κ2) is 8.74. The first-order chi connectivity index (χ1) is 14.9. The van der Waals surface area contributed by atoms with Gasteiger partial charge < -0.3 is 5.32 Å². The van der Waals surface area contributed by atoms with Gasteiger partial charge in [0, 0.05) is 17.3 Å². The molecular weight excluding hydrogens is 415 g/mol. The van der Waals surface area contributed by atoms with E-state index in [4.69, 9.17) is 11.6 Å². The molecule has 4 nitrogen and oxygen atoms in total. The standard InChI is InChI=1S/C25H20ClFN2O2/c1-16-2-6-18(7-3-16)22-23(28-21-12-10-20(27)11-13-21)25(31)29(24(22)30)15-14-17-4-8-19(26)9-5-17/h2-13,28H,14-15H2,1H3. The van der Waals surface area contributed by atoms with Crippen LogP contribution in [0, 0.1) is 12.7 Å². The number of amides is 2. The van der Waals surface area contributed by atoms with E-state index in [1.807, 2.05) is 43.3 Å². The lowest BCUT2D eigenvalue weighted by atomic mass is 10.0. The topological polar surface area (TPSA) is 49.4 Å². The first-order valence-corrected chi connectivity index (χ1v) is 10.2. The molecule has 0 bridgehead atoms. The minimum Gasteiger partial charge on any atom is -0.350 e. The predicted octanol–water partition coefficient (Wildman–Crippen LogP) is 5.22. The zero-order valence-electron chi connectivity index (χ0n) is 16.9. The highest BCUT2D eigenvalue weighted by molar-refractivity contribution is 6.36. The SMILES string of the molecule is Cc1ccc(C2=C(Nc3ccc(F)cc3)C(=O)N(CCc3ccc(Cl)cc3)C2=O)cc1. The van der Waals surface area contributed by atoms with Crippen molar-refractivity contribution in [3.63, 3.8) is 0 Å². The van der Waals surface area contributed by atoms with Gasteiger partial charge in [-0.2, -0.15) is 0 Å². The lowest BCUT2D eigenvalue weighted by Gasteiger charge is -2.15. The van der Waals surface area contributed by atoms with Crippen LogP contribution in [0.2, 0.25) is 5.02 Å². The van der Waals surface area contributed by atoms with Gasteiger partial charge in [-0.15, -0.1) is 0 Å². The van der Waals surface area contributed by atoms with Crippen LogP contribution in [0.15, 0.2) is 78.5 Å². The highest BCUT2D eigenvalue weighted by atomic mass is 35.5. The summed E-state index contributed by atoms with van der Waals surface area (Å²) in [6.45, 7) is 2.19. The summed E-state index contributed by atoms with van der Waals surface area (Å²) in [5.41, 5.74) is 3.71. The maximum absolute atomic E-state index is 13.3. The van der Waals surface area contributed by atoms with Crippen LogP contribution in [-0.4, -0.2) is 23.3 Å². The van der Waals surface area contributed by atoms with Crippen LogP contribution >= 0.6 is 11.6 Å². The highest BCUT2D eigenvalue weighted by Gasteiger charge is 2.38. The summed E-state index contributed by atoms with van der Waals surface area (Å²) >= 11 is 5.93. The van der Waals surface area contributed by atoms with E-state index in [0.717, 1.165) is 11.1 Å². The molecule has 6 heteroatoms. The summed E-state index contributed by atoms with van der Waals surface area (Å²) < 4.78 is 13.3. The molecular formula is C25H20ClFN2O2. The third-order valence-corrected chi connectivity index (χ3v) is 5.41. The number of nitrogens with one attached hydrogen (secondary N) is 1. The number of anilines is 1. The smallest absolute Gasteiger partial charge is 0.278 e. The molecule has 0 saturated heterocycles. The van der Waals surface area contributed by atoms with Crippen LogP contribution in [0.25, 0.3) is 5.57 Å². The second-order valence-electron chi connectivity index (χ2n) is 7.39. The van der Waals surface area contributed by atoms with Gasteiger partial charge in [-0.3, -0.25) is 14.5 Å². The van der Waals surface area contributed by atoms with E-state index < -0.39 is 5.91 Å². The third-order valence-electron chi connectivity index (χ3n) is 5.16. The number of nitrogens with zero attached hydrogens (tertiary/aromatic N) is 1. The minimum absolute atomic E-state index is 0.191. The van der Waals surface area contributed by atoms with E-state index in [9.17, 15) is 14.0 Å². The van der Waals surface area contributed by atoms with Gasteiger partial charge >= 0.3 is 0 Å². The quantitative estimate of drug-likeness (QED) is 0.541. The average Bonchev–Trinajstić information content (AvgIpc) is 2.99. The Labute approximate surface area is 185 Å². The number of carbonyl (C=O) groups excluding carboxylic acids is 2. The lowest BCUT2D eigenvalue weighted by Crippen LogP contribution is -2.34. The summed E-state index contributed by atoms with van der Waals surface area (Å²) in [5.74, 6) is -1.14. The van der Waals surface area contributed by atoms with Gasteiger partial charge in [0.15, 0.2) is 0 Å². The molecule has 1 aliphatic heterocycles. The molecule has 31 heavy (non-hydrogen) atoms. The van der Waals surface area contributed by atoms with E-state index in [1.165, 1.54) is 29.2 Å². The molecule has 2 amide bonds. The van der Waals surface area contributed by atoms with Gasteiger partial charge in [0.25, 0.3) is 11.8 Å². The summed E-state index contributed by atoms with van der Waals surface area (Å²) in [4.78, 5) is 27.7. The minimum atomic E-state index is -0.404. The van der Waals surface area contributed by atoms with Crippen LogP contribution in [0.1, 0.15) is 16.7 Å². The summed E-state index contributed by atoms with van der Waals surface area (Å²) in [5, 5.41) is 3.66. The molecule has 3 aromatic rings. The molecule has 0 spiro atoms. The number of hydrogen-bond donors (Lipinski definition) is 1. The molecule has 0 unspecified atom stereocenters. The molecule has 1 N–H and O–H groups in total.